The van der Waals surface area contributed by atoms with Crippen LogP contribution in [0.1, 0.15) is 22.5 Å². The van der Waals surface area contributed by atoms with Gasteiger partial charge in [0.2, 0.25) is 0 Å². The molecule has 2 aromatic rings. The molecule has 0 spiro atoms. The van der Waals surface area contributed by atoms with Gasteiger partial charge < -0.3 is 10.2 Å². The minimum atomic E-state index is -1.19. The lowest BCUT2D eigenvalue weighted by Gasteiger charge is -2.06. The molecule has 0 bridgehead atoms. The topological polar surface area (TPSA) is 105 Å². The van der Waals surface area contributed by atoms with E-state index in [-0.39, 0.29) is 18.7 Å². The number of aryl methyl sites for hydroxylation is 2. The average molecular weight is 275 g/mol. The SMILES string of the molecule is Cc1ccc(-c2c(C(=O)O)nnn2CCC(=O)O)cc1. The van der Waals surface area contributed by atoms with E-state index in [0.717, 1.165) is 5.56 Å². The number of hydrogen-bond donors (Lipinski definition) is 2. The summed E-state index contributed by atoms with van der Waals surface area (Å²) in [6, 6.07) is 7.21. The highest BCUT2D eigenvalue weighted by atomic mass is 16.4. The number of aromatic nitrogens is 3. The van der Waals surface area contributed by atoms with Gasteiger partial charge in [-0.2, -0.15) is 0 Å². The molecule has 0 aliphatic rings. The molecule has 0 saturated carbocycles. The summed E-state index contributed by atoms with van der Waals surface area (Å²) < 4.78 is 1.31. The quantitative estimate of drug-likeness (QED) is 0.855. The Balaban J connectivity index is 2.46. The number of carbonyl (C=O) groups is 2. The van der Waals surface area contributed by atoms with Gasteiger partial charge >= 0.3 is 11.9 Å². The number of aliphatic carboxylic acids is 1. The fourth-order valence-electron chi connectivity index (χ4n) is 1.81. The molecule has 2 rings (SSSR count). The number of rotatable bonds is 5. The van der Waals surface area contributed by atoms with Crippen molar-refractivity contribution in [1.29, 1.82) is 0 Å². The molecular weight excluding hydrogens is 262 g/mol. The lowest BCUT2D eigenvalue weighted by molar-refractivity contribution is -0.137. The highest BCUT2D eigenvalue weighted by molar-refractivity contribution is 5.92. The monoisotopic (exact) mass is 275 g/mol. The molecule has 0 radical (unpaired) electrons. The summed E-state index contributed by atoms with van der Waals surface area (Å²) in [5.74, 6) is -2.17. The van der Waals surface area contributed by atoms with Crippen LogP contribution in [-0.4, -0.2) is 37.1 Å². The van der Waals surface area contributed by atoms with E-state index in [1.165, 1.54) is 4.68 Å². The number of hydrogen-bond acceptors (Lipinski definition) is 4. The zero-order chi connectivity index (χ0) is 14.7. The van der Waals surface area contributed by atoms with Crippen molar-refractivity contribution in [2.75, 3.05) is 0 Å². The molecule has 0 saturated heterocycles. The van der Waals surface area contributed by atoms with E-state index in [1.54, 1.807) is 12.1 Å². The standard InChI is InChI=1S/C13H13N3O4/c1-8-2-4-9(5-3-8)12-11(13(19)20)14-15-16(12)7-6-10(17)18/h2-5H,6-7H2,1H3,(H,17,18)(H,19,20). The predicted octanol–water partition coefficient (Wildman–Crippen LogP) is 1.43. The Kier molecular flexibility index (Phi) is 3.79. The van der Waals surface area contributed by atoms with Gasteiger partial charge in [0.25, 0.3) is 0 Å². The van der Waals surface area contributed by atoms with Gasteiger partial charge in [0.1, 0.15) is 5.69 Å². The van der Waals surface area contributed by atoms with Crippen molar-refractivity contribution in [1.82, 2.24) is 15.0 Å². The third kappa shape index (κ3) is 2.82. The van der Waals surface area contributed by atoms with Crippen molar-refractivity contribution in [3.05, 3.63) is 35.5 Å². The summed E-state index contributed by atoms with van der Waals surface area (Å²) >= 11 is 0. The molecule has 0 amide bonds. The fraction of sp³-hybridized carbons (Fsp3) is 0.231. The summed E-state index contributed by atoms with van der Waals surface area (Å²) in [7, 11) is 0. The maximum atomic E-state index is 11.2. The first-order valence-electron chi connectivity index (χ1n) is 5.94. The van der Waals surface area contributed by atoms with Crippen molar-refractivity contribution in [3.63, 3.8) is 0 Å². The summed E-state index contributed by atoms with van der Waals surface area (Å²) in [5, 5.41) is 25.2. The number of aromatic carboxylic acids is 1. The Hall–Kier alpha value is -2.70. The van der Waals surface area contributed by atoms with Crippen molar-refractivity contribution in [2.24, 2.45) is 0 Å². The molecule has 0 fully saturated rings. The number of nitrogens with zero attached hydrogens (tertiary/aromatic N) is 3. The third-order valence-corrected chi connectivity index (χ3v) is 2.80. The van der Waals surface area contributed by atoms with E-state index in [9.17, 15) is 9.59 Å². The normalized spacial score (nSPS) is 10.4. The van der Waals surface area contributed by atoms with Gasteiger partial charge in [-0.05, 0) is 6.92 Å². The molecule has 7 heteroatoms. The van der Waals surface area contributed by atoms with Crippen LogP contribution < -0.4 is 0 Å². The molecule has 104 valence electrons. The number of carboxylic acids is 2. The van der Waals surface area contributed by atoms with Crippen LogP contribution in [0.4, 0.5) is 0 Å². The van der Waals surface area contributed by atoms with Crippen LogP contribution in [0.5, 0.6) is 0 Å². The van der Waals surface area contributed by atoms with Gasteiger partial charge in [-0.15, -0.1) is 5.10 Å². The van der Waals surface area contributed by atoms with Crippen LogP contribution in [0.25, 0.3) is 11.3 Å². The molecular formula is C13H13N3O4. The van der Waals surface area contributed by atoms with Gasteiger partial charge in [0.15, 0.2) is 5.69 Å². The first kappa shape index (κ1) is 13.7. The largest absolute Gasteiger partial charge is 0.481 e. The van der Waals surface area contributed by atoms with E-state index in [1.807, 2.05) is 19.1 Å². The highest BCUT2D eigenvalue weighted by Gasteiger charge is 2.20. The fourth-order valence-corrected chi connectivity index (χ4v) is 1.81. The minimum Gasteiger partial charge on any atom is -0.481 e. The van der Waals surface area contributed by atoms with Crippen LogP contribution in [0.2, 0.25) is 0 Å². The zero-order valence-corrected chi connectivity index (χ0v) is 10.8. The van der Waals surface area contributed by atoms with Gasteiger partial charge in [0, 0.05) is 5.56 Å². The smallest absolute Gasteiger partial charge is 0.358 e. The summed E-state index contributed by atoms with van der Waals surface area (Å²) in [5.41, 5.74) is 1.82. The van der Waals surface area contributed by atoms with Crippen molar-refractivity contribution in [3.8, 4) is 11.3 Å². The third-order valence-electron chi connectivity index (χ3n) is 2.80. The van der Waals surface area contributed by atoms with Gasteiger partial charge in [0.05, 0.1) is 13.0 Å². The molecule has 1 aromatic heterocycles. The van der Waals surface area contributed by atoms with Crippen LogP contribution in [0.15, 0.2) is 24.3 Å². The lowest BCUT2D eigenvalue weighted by Crippen LogP contribution is -2.08. The first-order chi connectivity index (χ1) is 9.49. The van der Waals surface area contributed by atoms with Crippen molar-refractivity contribution in [2.45, 2.75) is 19.9 Å². The second-order valence-electron chi connectivity index (χ2n) is 4.32. The molecule has 0 aliphatic heterocycles. The summed E-state index contributed by atoms with van der Waals surface area (Å²) in [4.78, 5) is 21.8. The Labute approximate surface area is 114 Å². The van der Waals surface area contributed by atoms with E-state index in [0.29, 0.717) is 11.3 Å². The molecule has 20 heavy (non-hydrogen) atoms. The van der Waals surface area contributed by atoms with Gasteiger partial charge in [-0.1, -0.05) is 35.0 Å². The molecule has 7 nitrogen and oxygen atoms in total. The van der Waals surface area contributed by atoms with Crippen LogP contribution in [0.3, 0.4) is 0 Å². The van der Waals surface area contributed by atoms with Gasteiger partial charge in [-0.25, -0.2) is 9.48 Å². The first-order valence-corrected chi connectivity index (χ1v) is 5.94. The Morgan fingerprint density at radius 1 is 1.20 bits per heavy atom. The Morgan fingerprint density at radius 2 is 1.85 bits per heavy atom. The molecule has 2 N–H and O–H groups in total. The van der Waals surface area contributed by atoms with E-state index >= 15 is 0 Å². The Bertz CT molecular complexity index is 646. The zero-order valence-electron chi connectivity index (χ0n) is 10.8. The van der Waals surface area contributed by atoms with Crippen LogP contribution in [0, 0.1) is 6.92 Å². The molecule has 0 atom stereocenters. The highest BCUT2D eigenvalue weighted by Crippen LogP contribution is 2.23. The maximum Gasteiger partial charge on any atom is 0.358 e. The summed E-state index contributed by atoms with van der Waals surface area (Å²) in [6.45, 7) is 1.99. The molecule has 1 heterocycles. The average Bonchev–Trinajstić information content (AvgIpc) is 2.81. The predicted molar refractivity (Wildman–Crippen MR) is 69.4 cm³/mol. The minimum absolute atomic E-state index is 0.0683. The summed E-state index contributed by atoms with van der Waals surface area (Å²) in [6.07, 6.45) is -0.152. The number of benzene rings is 1. The van der Waals surface area contributed by atoms with Crippen LogP contribution in [-0.2, 0) is 11.3 Å². The van der Waals surface area contributed by atoms with Crippen molar-refractivity contribution >= 4 is 11.9 Å². The lowest BCUT2D eigenvalue weighted by atomic mass is 10.1. The molecule has 1 aromatic carbocycles. The Morgan fingerprint density at radius 3 is 2.40 bits per heavy atom. The van der Waals surface area contributed by atoms with E-state index in [4.69, 9.17) is 10.2 Å². The second kappa shape index (κ2) is 5.52. The molecule has 0 unspecified atom stereocenters. The maximum absolute atomic E-state index is 11.2. The van der Waals surface area contributed by atoms with E-state index < -0.39 is 11.9 Å². The second-order valence-corrected chi connectivity index (χ2v) is 4.32. The molecule has 0 aliphatic carbocycles. The number of carboxylic acid groups (broad SMARTS) is 2. The van der Waals surface area contributed by atoms with Gasteiger partial charge in [-0.3, -0.25) is 4.79 Å². The van der Waals surface area contributed by atoms with Crippen LogP contribution >= 0.6 is 0 Å². The van der Waals surface area contributed by atoms with E-state index in [2.05, 4.69) is 10.3 Å². The van der Waals surface area contributed by atoms with Crippen molar-refractivity contribution < 1.29 is 19.8 Å².